The molecule has 2 fully saturated rings. The van der Waals surface area contributed by atoms with Crippen LogP contribution < -0.4 is 10.6 Å². The Morgan fingerprint density at radius 1 is 1.18 bits per heavy atom. The zero-order valence-corrected chi connectivity index (χ0v) is 18.7. The van der Waals surface area contributed by atoms with Crippen molar-refractivity contribution in [2.24, 2.45) is 5.73 Å². The molecule has 0 aliphatic carbocycles. The zero-order chi connectivity index (χ0) is 22.9. The van der Waals surface area contributed by atoms with E-state index < -0.39 is 0 Å². The summed E-state index contributed by atoms with van der Waals surface area (Å²) >= 11 is 0. The van der Waals surface area contributed by atoms with Gasteiger partial charge in [0.05, 0.1) is 11.9 Å². The van der Waals surface area contributed by atoms with Gasteiger partial charge in [0.15, 0.2) is 5.82 Å². The van der Waals surface area contributed by atoms with Crippen molar-refractivity contribution in [1.29, 1.82) is 0 Å². The number of rotatable bonds is 6. The first-order valence-corrected chi connectivity index (χ1v) is 11.5. The Kier molecular flexibility index (Phi) is 5.72. The fourth-order valence-electron chi connectivity index (χ4n) is 5.30. The number of hydrogen-bond donors (Lipinski definition) is 3. The van der Waals surface area contributed by atoms with Crippen LogP contribution in [0.25, 0.3) is 22.4 Å². The van der Waals surface area contributed by atoms with E-state index in [0.717, 1.165) is 42.6 Å². The minimum absolute atomic E-state index is 0.148. The van der Waals surface area contributed by atoms with Gasteiger partial charge in [0.25, 0.3) is 0 Å². The predicted octanol–water partition coefficient (Wildman–Crippen LogP) is 2.55. The van der Waals surface area contributed by atoms with Gasteiger partial charge in [-0.1, -0.05) is 6.07 Å². The number of phenols is 1. The second-order valence-corrected chi connectivity index (χ2v) is 8.96. The number of amides is 1. The molecule has 3 aromatic rings. The van der Waals surface area contributed by atoms with Crippen LogP contribution >= 0.6 is 0 Å². The molecule has 2 aliphatic rings. The van der Waals surface area contributed by atoms with Gasteiger partial charge >= 0.3 is 0 Å². The third kappa shape index (κ3) is 4.04. The number of benzene rings is 1. The van der Waals surface area contributed by atoms with Crippen molar-refractivity contribution < 1.29 is 9.90 Å². The summed E-state index contributed by atoms with van der Waals surface area (Å²) in [5, 5.41) is 26.1. The highest BCUT2D eigenvalue weighted by Crippen LogP contribution is 2.39. The summed E-state index contributed by atoms with van der Waals surface area (Å²) in [4.78, 5) is 16.7. The van der Waals surface area contributed by atoms with Crippen molar-refractivity contribution in [2.75, 3.05) is 18.5 Å². The SMILES string of the molecule is CN(c1ccc(-c2ccc(-c3cn[nH]c3)cc2O)nn1)[C@H]1CC2CC[C@@H](C1)N2C(=O)CCN. The highest BCUT2D eigenvalue weighted by atomic mass is 16.3. The van der Waals surface area contributed by atoms with E-state index in [9.17, 15) is 9.90 Å². The fraction of sp³-hybridized carbons (Fsp3) is 0.417. The number of aromatic nitrogens is 4. The molecule has 4 N–H and O–H groups in total. The van der Waals surface area contributed by atoms with Crippen molar-refractivity contribution in [1.82, 2.24) is 25.3 Å². The summed E-state index contributed by atoms with van der Waals surface area (Å²) in [6.45, 7) is 0.404. The summed E-state index contributed by atoms with van der Waals surface area (Å²) in [7, 11) is 2.04. The maximum atomic E-state index is 12.5. The number of hydrogen-bond acceptors (Lipinski definition) is 7. The smallest absolute Gasteiger partial charge is 0.224 e. The Morgan fingerprint density at radius 2 is 1.97 bits per heavy atom. The Bertz CT molecular complexity index is 1100. The first-order chi connectivity index (χ1) is 16.0. The van der Waals surface area contributed by atoms with E-state index in [0.29, 0.717) is 30.3 Å². The summed E-state index contributed by atoms with van der Waals surface area (Å²) < 4.78 is 0. The molecule has 172 valence electrons. The van der Waals surface area contributed by atoms with E-state index >= 15 is 0 Å². The minimum Gasteiger partial charge on any atom is -0.507 e. The monoisotopic (exact) mass is 447 g/mol. The Balaban J connectivity index is 1.29. The Morgan fingerprint density at radius 3 is 2.58 bits per heavy atom. The number of carbonyl (C=O) groups excluding carboxylic acids is 1. The van der Waals surface area contributed by atoms with E-state index in [-0.39, 0.29) is 23.7 Å². The second-order valence-electron chi connectivity index (χ2n) is 8.96. The third-order valence-electron chi connectivity index (χ3n) is 7.02. The van der Waals surface area contributed by atoms with Crippen LogP contribution in [0, 0.1) is 0 Å². The van der Waals surface area contributed by atoms with Gasteiger partial charge in [-0.3, -0.25) is 9.89 Å². The molecule has 2 aromatic heterocycles. The number of aromatic amines is 1. The number of nitrogens with one attached hydrogen (secondary N) is 1. The molecular weight excluding hydrogens is 418 g/mol. The molecule has 1 amide bonds. The summed E-state index contributed by atoms with van der Waals surface area (Å²) in [5.74, 6) is 1.13. The van der Waals surface area contributed by atoms with Gasteiger partial charge < -0.3 is 20.6 Å². The fourth-order valence-corrected chi connectivity index (χ4v) is 5.30. The molecule has 2 aliphatic heterocycles. The molecule has 2 bridgehead atoms. The van der Waals surface area contributed by atoms with Crippen LogP contribution in [0.3, 0.4) is 0 Å². The molecule has 5 rings (SSSR count). The number of phenolic OH excluding ortho intramolecular Hbond substituents is 1. The average molecular weight is 448 g/mol. The van der Waals surface area contributed by atoms with Crippen LogP contribution in [0.1, 0.15) is 32.1 Å². The predicted molar refractivity (Wildman–Crippen MR) is 125 cm³/mol. The molecule has 3 atom stereocenters. The number of fused-ring (bicyclic) bond motifs is 2. The van der Waals surface area contributed by atoms with E-state index in [4.69, 9.17) is 5.73 Å². The summed E-state index contributed by atoms with van der Waals surface area (Å²) in [5.41, 5.74) is 8.63. The van der Waals surface area contributed by atoms with E-state index in [2.05, 4.69) is 30.2 Å². The van der Waals surface area contributed by atoms with Crippen LogP contribution in [-0.4, -0.2) is 68.0 Å². The number of nitrogens with two attached hydrogens (primary N) is 1. The molecule has 9 heteroatoms. The van der Waals surface area contributed by atoms with Crippen LogP contribution in [0.2, 0.25) is 0 Å². The van der Waals surface area contributed by atoms with E-state index in [1.807, 2.05) is 31.3 Å². The lowest BCUT2D eigenvalue weighted by molar-refractivity contribution is -0.135. The molecule has 0 spiro atoms. The molecule has 0 saturated carbocycles. The number of H-pyrrole nitrogens is 1. The van der Waals surface area contributed by atoms with Gasteiger partial charge in [-0.2, -0.15) is 5.10 Å². The molecule has 4 heterocycles. The number of nitrogens with zero attached hydrogens (tertiary/aromatic N) is 5. The number of carbonyl (C=O) groups is 1. The first-order valence-electron chi connectivity index (χ1n) is 11.5. The Labute approximate surface area is 192 Å². The molecule has 2 saturated heterocycles. The number of aromatic hydroxyl groups is 1. The van der Waals surface area contributed by atoms with Crippen molar-refractivity contribution in [3.63, 3.8) is 0 Å². The van der Waals surface area contributed by atoms with Crippen LogP contribution in [0.4, 0.5) is 5.82 Å². The molecule has 9 nitrogen and oxygen atoms in total. The van der Waals surface area contributed by atoms with Gasteiger partial charge in [-0.25, -0.2) is 0 Å². The van der Waals surface area contributed by atoms with E-state index in [1.54, 1.807) is 18.5 Å². The van der Waals surface area contributed by atoms with Crippen LogP contribution in [-0.2, 0) is 4.79 Å². The number of anilines is 1. The average Bonchev–Trinajstić information content (AvgIpc) is 3.45. The minimum atomic E-state index is 0.148. The number of piperidine rings is 1. The van der Waals surface area contributed by atoms with Crippen molar-refractivity contribution in [3.05, 3.63) is 42.7 Å². The van der Waals surface area contributed by atoms with Gasteiger partial charge in [0, 0.05) is 55.5 Å². The second kappa shape index (κ2) is 8.82. The summed E-state index contributed by atoms with van der Waals surface area (Å²) in [6, 6.07) is 10.2. The molecule has 1 unspecified atom stereocenters. The van der Waals surface area contributed by atoms with E-state index in [1.165, 1.54) is 0 Å². The molecule has 0 radical (unpaired) electrons. The van der Waals surface area contributed by atoms with Crippen molar-refractivity contribution in [2.45, 2.75) is 50.2 Å². The standard InChI is InChI=1S/C24H29N7O2/c1-30(19-11-17-3-4-18(12-19)31(17)24(33)8-9-25)23-7-6-21(28-29-23)20-5-2-15(10-22(20)32)16-13-26-27-14-16/h2,5-7,10,13-14,17-19,32H,3-4,8-9,11-12,25H2,1H3,(H,26,27)/t17-,18?,19+/m0/s1. The maximum Gasteiger partial charge on any atom is 0.224 e. The van der Waals surface area contributed by atoms with Crippen molar-refractivity contribution in [3.8, 4) is 28.1 Å². The Hall–Kier alpha value is -3.46. The lowest BCUT2D eigenvalue weighted by atomic mass is 9.95. The van der Waals surface area contributed by atoms with Gasteiger partial charge in [-0.15, -0.1) is 10.2 Å². The lowest BCUT2D eigenvalue weighted by Gasteiger charge is -2.42. The third-order valence-corrected chi connectivity index (χ3v) is 7.02. The quantitative estimate of drug-likeness (QED) is 0.530. The zero-order valence-electron chi connectivity index (χ0n) is 18.7. The largest absolute Gasteiger partial charge is 0.507 e. The summed E-state index contributed by atoms with van der Waals surface area (Å²) in [6.07, 6.45) is 7.91. The van der Waals surface area contributed by atoms with Gasteiger partial charge in [0.1, 0.15) is 5.75 Å². The lowest BCUT2D eigenvalue weighted by Crippen LogP contribution is -2.52. The molecule has 33 heavy (non-hydrogen) atoms. The maximum absolute atomic E-state index is 12.5. The first kappa shape index (κ1) is 21.4. The van der Waals surface area contributed by atoms with Gasteiger partial charge in [-0.05, 0) is 55.5 Å². The van der Waals surface area contributed by atoms with Gasteiger partial charge in [0.2, 0.25) is 5.91 Å². The molecule has 1 aromatic carbocycles. The highest BCUT2D eigenvalue weighted by molar-refractivity contribution is 5.77. The van der Waals surface area contributed by atoms with Crippen LogP contribution in [0.5, 0.6) is 5.75 Å². The van der Waals surface area contributed by atoms with Crippen molar-refractivity contribution >= 4 is 11.7 Å². The molecular formula is C24H29N7O2. The topological polar surface area (TPSA) is 124 Å². The van der Waals surface area contributed by atoms with Crippen LogP contribution in [0.15, 0.2) is 42.7 Å². The normalized spacial score (nSPS) is 21.9. The highest BCUT2D eigenvalue weighted by Gasteiger charge is 2.44.